The molecule has 7 nitrogen and oxygen atoms in total. The minimum Gasteiger partial charge on any atom is -0.494 e. The number of benzene rings is 1. The lowest BCUT2D eigenvalue weighted by Crippen LogP contribution is -2.23. The average molecular weight is 469 g/mol. The van der Waals surface area contributed by atoms with Crippen LogP contribution in [0.1, 0.15) is 30.2 Å². The molecule has 0 unspecified atom stereocenters. The number of nitrogens with one attached hydrogen (secondary N) is 1. The standard InChI is InChI=1S/C23H24N4O3S2/c1-4-11-30-17-7-5-16(6-8-17)18-12-31-23(25-18)26-19(28)9-10-27-13-24-21-20(22(27)29)14(2)15(3)32-21/h5-8,12-13H,4,9-11H2,1-3H3,(H,25,26,28). The second-order valence-corrected chi connectivity index (χ2v) is 9.48. The first-order valence-corrected chi connectivity index (χ1v) is 12.1. The average Bonchev–Trinajstić information content (AvgIpc) is 3.36. The Morgan fingerprint density at radius 2 is 2.00 bits per heavy atom. The van der Waals surface area contributed by atoms with E-state index >= 15 is 0 Å². The van der Waals surface area contributed by atoms with E-state index in [4.69, 9.17) is 4.74 Å². The topological polar surface area (TPSA) is 86.1 Å². The van der Waals surface area contributed by atoms with Crippen LogP contribution in [0.5, 0.6) is 5.75 Å². The third-order valence-electron chi connectivity index (χ3n) is 5.11. The van der Waals surface area contributed by atoms with E-state index in [2.05, 4.69) is 22.2 Å². The number of thiophene rings is 1. The van der Waals surface area contributed by atoms with Crippen LogP contribution in [0.3, 0.4) is 0 Å². The molecule has 32 heavy (non-hydrogen) atoms. The summed E-state index contributed by atoms with van der Waals surface area (Å²) in [6, 6.07) is 7.74. The first-order chi connectivity index (χ1) is 15.5. The molecule has 1 N–H and O–H groups in total. The van der Waals surface area contributed by atoms with E-state index < -0.39 is 0 Å². The van der Waals surface area contributed by atoms with Gasteiger partial charge in [0.15, 0.2) is 5.13 Å². The Kier molecular flexibility index (Phi) is 6.66. The molecule has 0 bridgehead atoms. The Morgan fingerprint density at radius 3 is 2.75 bits per heavy atom. The molecular formula is C23H24N4O3S2. The molecule has 1 amide bonds. The van der Waals surface area contributed by atoms with Gasteiger partial charge in [-0.05, 0) is 50.1 Å². The molecule has 0 aliphatic rings. The maximum absolute atomic E-state index is 12.8. The second-order valence-electron chi connectivity index (χ2n) is 7.42. The van der Waals surface area contributed by atoms with E-state index in [-0.39, 0.29) is 24.4 Å². The molecule has 4 rings (SSSR count). The molecule has 0 radical (unpaired) electrons. The molecule has 9 heteroatoms. The van der Waals surface area contributed by atoms with Gasteiger partial charge in [0, 0.05) is 28.8 Å². The Labute approximate surface area is 193 Å². The van der Waals surface area contributed by atoms with E-state index in [0.717, 1.165) is 38.7 Å². The summed E-state index contributed by atoms with van der Waals surface area (Å²) in [6.45, 7) is 6.93. The fraction of sp³-hybridized carbons (Fsp3) is 0.304. The highest BCUT2D eigenvalue weighted by Crippen LogP contribution is 2.27. The number of aryl methyl sites for hydroxylation is 3. The number of ether oxygens (including phenoxy) is 1. The summed E-state index contributed by atoms with van der Waals surface area (Å²) in [5, 5.41) is 5.90. The number of anilines is 1. The van der Waals surface area contributed by atoms with Crippen LogP contribution in [0.25, 0.3) is 21.5 Å². The molecule has 0 spiro atoms. The largest absolute Gasteiger partial charge is 0.494 e. The van der Waals surface area contributed by atoms with Crippen molar-refractivity contribution in [1.82, 2.24) is 14.5 Å². The zero-order chi connectivity index (χ0) is 22.7. The normalized spacial score (nSPS) is 11.1. The number of nitrogens with zero attached hydrogens (tertiary/aromatic N) is 3. The molecule has 0 saturated carbocycles. The molecule has 166 valence electrons. The predicted molar refractivity (Wildman–Crippen MR) is 130 cm³/mol. The highest BCUT2D eigenvalue weighted by atomic mass is 32.1. The van der Waals surface area contributed by atoms with Gasteiger partial charge in [-0.3, -0.25) is 14.2 Å². The molecule has 0 aliphatic heterocycles. The summed E-state index contributed by atoms with van der Waals surface area (Å²) < 4.78 is 7.10. The van der Waals surface area contributed by atoms with Crippen LogP contribution in [-0.4, -0.2) is 27.0 Å². The molecule has 3 heterocycles. The number of aromatic nitrogens is 3. The maximum atomic E-state index is 12.8. The van der Waals surface area contributed by atoms with Crippen LogP contribution in [0.15, 0.2) is 40.8 Å². The molecule has 1 aromatic carbocycles. The van der Waals surface area contributed by atoms with Gasteiger partial charge in [0.2, 0.25) is 5.91 Å². The van der Waals surface area contributed by atoms with Crippen LogP contribution >= 0.6 is 22.7 Å². The Bertz CT molecular complexity index is 1310. The third-order valence-corrected chi connectivity index (χ3v) is 6.98. The lowest BCUT2D eigenvalue weighted by molar-refractivity contribution is -0.116. The van der Waals surface area contributed by atoms with E-state index in [1.54, 1.807) is 0 Å². The van der Waals surface area contributed by atoms with Gasteiger partial charge in [0.1, 0.15) is 10.6 Å². The number of rotatable bonds is 8. The van der Waals surface area contributed by atoms with Crippen molar-refractivity contribution in [3.8, 4) is 17.0 Å². The van der Waals surface area contributed by atoms with E-state index in [1.165, 1.54) is 33.6 Å². The van der Waals surface area contributed by atoms with Crippen molar-refractivity contribution in [3.63, 3.8) is 0 Å². The number of carbonyl (C=O) groups is 1. The zero-order valence-corrected chi connectivity index (χ0v) is 19.8. The number of carbonyl (C=O) groups excluding carboxylic acids is 1. The molecule has 4 aromatic rings. The lowest BCUT2D eigenvalue weighted by Gasteiger charge is -2.06. The minimum atomic E-state index is -0.195. The molecule has 0 atom stereocenters. The fourth-order valence-corrected chi connectivity index (χ4v) is 4.96. The first kappa shape index (κ1) is 22.2. The highest BCUT2D eigenvalue weighted by molar-refractivity contribution is 7.18. The summed E-state index contributed by atoms with van der Waals surface area (Å²) in [5.41, 5.74) is 2.61. The number of amides is 1. The number of fused-ring (bicyclic) bond motifs is 1. The Balaban J connectivity index is 1.38. The van der Waals surface area contributed by atoms with Crippen molar-refractivity contribution < 1.29 is 9.53 Å². The summed E-state index contributed by atoms with van der Waals surface area (Å²) in [6.07, 6.45) is 2.64. The highest BCUT2D eigenvalue weighted by Gasteiger charge is 2.13. The summed E-state index contributed by atoms with van der Waals surface area (Å²) >= 11 is 2.88. The van der Waals surface area contributed by atoms with Crippen LogP contribution in [0.2, 0.25) is 0 Å². The number of hydrogen-bond donors (Lipinski definition) is 1. The molecule has 0 fully saturated rings. The van der Waals surface area contributed by atoms with E-state index in [9.17, 15) is 9.59 Å². The quantitative estimate of drug-likeness (QED) is 0.393. The number of thiazole rings is 1. The third kappa shape index (κ3) is 4.73. The van der Waals surface area contributed by atoms with Gasteiger partial charge in [0.05, 0.1) is 24.0 Å². The first-order valence-electron chi connectivity index (χ1n) is 10.4. The van der Waals surface area contributed by atoms with Crippen molar-refractivity contribution in [2.45, 2.75) is 40.2 Å². The van der Waals surface area contributed by atoms with Gasteiger partial charge < -0.3 is 10.1 Å². The SMILES string of the molecule is CCCOc1ccc(-c2csc(NC(=O)CCn3cnc4sc(C)c(C)c4c3=O)n2)cc1. The van der Waals surface area contributed by atoms with E-state index in [0.29, 0.717) is 17.1 Å². The van der Waals surface area contributed by atoms with Gasteiger partial charge in [-0.25, -0.2) is 9.97 Å². The van der Waals surface area contributed by atoms with Crippen molar-refractivity contribution in [3.05, 3.63) is 56.8 Å². The molecule has 0 saturated heterocycles. The molecular weight excluding hydrogens is 444 g/mol. The van der Waals surface area contributed by atoms with Gasteiger partial charge in [0.25, 0.3) is 5.56 Å². The molecule has 0 aliphatic carbocycles. The van der Waals surface area contributed by atoms with Gasteiger partial charge >= 0.3 is 0 Å². The smallest absolute Gasteiger partial charge is 0.262 e. The monoisotopic (exact) mass is 468 g/mol. The summed E-state index contributed by atoms with van der Waals surface area (Å²) in [7, 11) is 0. The molecule has 3 aromatic heterocycles. The van der Waals surface area contributed by atoms with Crippen LogP contribution in [0, 0.1) is 13.8 Å². The van der Waals surface area contributed by atoms with Crippen molar-refractivity contribution >= 4 is 43.9 Å². The van der Waals surface area contributed by atoms with Crippen LogP contribution in [-0.2, 0) is 11.3 Å². The second kappa shape index (κ2) is 9.62. The van der Waals surface area contributed by atoms with Crippen molar-refractivity contribution in [1.29, 1.82) is 0 Å². The van der Waals surface area contributed by atoms with Crippen molar-refractivity contribution in [2.75, 3.05) is 11.9 Å². The van der Waals surface area contributed by atoms with Crippen molar-refractivity contribution in [2.24, 2.45) is 0 Å². The summed E-state index contributed by atoms with van der Waals surface area (Å²) in [4.78, 5) is 35.9. The summed E-state index contributed by atoms with van der Waals surface area (Å²) in [5.74, 6) is 0.634. The van der Waals surface area contributed by atoms with Gasteiger partial charge in [-0.1, -0.05) is 6.92 Å². The number of hydrogen-bond acceptors (Lipinski definition) is 7. The van der Waals surface area contributed by atoms with E-state index in [1.807, 2.05) is 43.5 Å². The Morgan fingerprint density at radius 1 is 1.22 bits per heavy atom. The van der Waals surface area contributed by atoms with Gasteiger partial charge in [-0.15, -0.1) is 22.7 Å². The zero-order valence-electron chi connectivity index (χ0n) is 18.2. The Hall–Kier alpha value is -3.04. The lowest BCUT2D eigenvalue weighted by atomic mass is 10.2. The van der Waals surface area contributed by atoms with Crippen LogP contribution < -0.4 is 15.6 Å². The fourth-order valence-electron chi connectivity index (χ4n) is 3.24. The van der Waals surface area contributed by atoms with Gasteiger partial charge in [-0.2, -0.15) is 0 Å². The predicted octanol–water partition coefficient (Wildman–Crippen LogP) is 5.02. The maximum Gasteiger partial charge on any atom is 0.262 e. The van der Waals surface area contributed by atoms with Crippen LogP contribution in [0.4, 0.5) is 5.13 Å². The minimum absolute atomic E-state index is 0.104.